The predicted molar refractivity (Wildman–Crippen MR) is 430 cm³/mol. The Bertz CT molecular complexity index is 4200. The fourth-order valence-electron chi connectivity index (χ4n) is 20.6. The first-order chi connectivity index (χ1) is 55.3. The van der Waals surface area contributed by atoms with Crippen molar-refractivity contribution in [2.24, 2.45) is 58.2 Å². The summed E-state index contributed by atoms with van der Waals surface area (Å²) in [5, 5.41) is 10.7. The molecule has 17 heteroatoms. The standard InChI is InChI=1S/C96H114N2O15/c1-5-105-94(102)93(101)98-97-75-50-51-95(3)74(52-75)53-76(85-89(108-59-70-38-22-10-23-39-70)91(110-61-72-42-26-12-27-43-72)87(106-57-68-34-18-8-19-35-68)81(112-85)63-103-55-66-30-14-6-15-31-66)84-78-48-47-77(65(2)46-49-83(99)100)96(78,4)80(54-79(84)95)86-90(109-60-71-40-24-11-25-41-71)92(111-62-73-44-28-13-29-45-73)88(107-58-69-36-20-9-21-37-69)82(113-86)64-104-56-67-32-16-7-17-33-67/h6-45,65,74-82,84-92,97H,5,46-64H2,1-4H3,(H,98,101)(H,99,100)/t65-,74+,75+,76+,77-,78+,79+,80+,81-,82-,84+,85?,86+,87-,88-,89+,90+,91+,92+,95+,96-/m1/s1. The Morgan fingerprint density at radius 3 is 1.24 bits per heavy atom. The molecule has 17 nitrogen and oxygen atoms in total. The van der Waals surface area contributed by atoms with Crippen LogP contribution in [0.2, 0.25) is 0 Å². The van der Waals surface area contributed by atoms with Crippen molar-refractivity contribution in [1.29, 1.82) is 0 Å². The van der Waals surface area contributed by atoms with Crippen molar-refractivity contribution in [3.63, 3.8) is 0 Å². The van der Waals surface area contributed by atoms with Gasteiger partial charge in [-0.05, 0) is 161 Å². The summed E-state index contributed by atoms with van der Waals surface area (Å²) in [6.07, 6.45) is -0.880. The SMILES string of the molecule is CCOC(=O)C(=O)NN[C@H]1CC[C@@]2(C)[C@@H](C1)C[C@H](C1O[C@H](COCc3ccccc3)[C@@H](OCc3ccccc3)[C@H](OCc3ccccc3)[C@H]1OCc1ccccc1)[C@@H]1[C@@H]2C[C@@H]([C@@H]2O[C@H](COCc3ccccc3)[C@@H](OCc3ccccc3)[C@H](OCc3ccccc3)[C@H]2OCc2ccccc2)[C@]2(C)[C@@H]([C@H](C)CCC(=O)O)CC[C@@H]12. The molecule has 14 rings (SSSR count). The van der Waals surface area contributed by atoms with Gasteiger partial charge in [0.05, 0.1) is 84.9 Å². The average molecular weight is 1540 g/mol. The van der Waals surface area contributed by atoms with Crippen LogP contribution < -0.4 is 10.9 Å². The van der Waals surface area contributed by atoms with Crippen molar-refractivity contribution >= 4 is 17.8 Å². The van der Waals surface area contributed by atoms with Crippen molar-refractivity contribution < 1.29 is 71.6 Å². The Labute approximate surface area is 667 Å². The first-order valence-corrected chi connectivity index (χ1v) is 41.2. The number of aliphatic carboxylic acids is 1. The lowest BCUT2D eigenvalue weighted by molar-refractivity contribution is -0.312. The number of rotatable bonds is 35. The number of carboxylic acid groups (broad SMARTS) is 1. The summed E-state index contributed by atoms with van der Waals surface area (Å²) in [5.74, 6) is -3.00. The number of hydrogen-bond donors (Lipinski definition) is 3. The normalized spacial score (nSPS) is 30.2. The molecular formula is C96H114N2O15. The van der Waals surface area contributed by atoms with Crippen LogP contribution in [0.3, 0.4) is 0 Å². The molecule has 4 aliphatic carbocycles. The molecule has 3 N–H and O–H groups in total. The van der Waals surface area contributed by atoms with Crippen LogP contribution in [-0.4, -0.2) is 110 Å². The van der Waals surface area contributed by atoms with Gasteiger partial charge in [0.25, 0.3) is 0 Å². The summed E-state index contributed by atoms with van der Waals surface area (Å²) < 4.78 is 81.0. The largest absolute Gasteiger partial charge is 0.481 e. The Hall–Kier alpha value is -8.27. The lowest BCUT2D eigenvalue weighted by Crippen LogP contribution is -2.70. The molecule has 0 radical (unpaired) electrons. The number of carbonyl (C=O) groups excluding carboxylic acids is 2. The summed E-state index contributed by atoms with van der Waals surface area (Å²) in [5.41, 5.74) is 13.4. The van der Waals surface area contributed by atoms with Crippen molar-refractivity contribution in [3.8, 4) is 0 Å². The topological polar surface area (TPSA) is 197 Å². The molecular weight excluding hydrogens is 1420 g/mol. The Kier molecular flexibility index (Phi) is 28.3. The third-order valence-electron chi connectivity index (χ3n) is 26.1. The molecule has 0 spiro atoms. The van der Waals surface area contributed by atoms with Gasteiger partial charge in [0, 0.05) is 12.5 Å². The fraction of sp³-hybridized carbons (Fsp3) is 0.469. The summed E-state index contributed by atoms with van der Waals surface area (Å²) in [6.45, 7) is 11.8. The zero-order chi connectivity index (χ0) is 77.9. The van der Waals surface area contributed by atoms with E-state index in [0.29, 0.717) is 38.9 Å². The highest BCUT2D eigenvalue weighted by Gasteiger charge is 2.70. The number of nitrogens with one attached hydrogen (secondary N) is 2. The van der Waals surface area contributed by atoms with E-state index in [4.69, 9.17) is 52.1 Å². The predicted octanol–water partition coefficient (Wildman–Crippen LogP) is 16.6. The van der Waals surface area contributed by atoms with Gasteiger partial charge in [-0.25, -0.2) is 10.2 Å². The number of ether oxygens (including phenoxy) is 11. The highest BCUT2D eigenvalue weighted by molar-refractivity contribution is 6.32. The van der Waals surface area contributed by atoms with Crippen LogP contribution in [0.1, 0.15) is 130 Å². The number of hydrogen-bond acceptors (Lipinski definition) is 15. The molecule has 4 saturated carbocycles. The number of amides is 1. The second kappa shape index (κ2) is 39.4. The molecule has 1 unspecified atom stereocenters. The van der Waals surface area contributed by atoms with E-state index in [9.17, 15) is 19.5 Å². The first-order valence-electron chi connectivity index (χ1n) is 41.2. The van der Waals surface area contributed by atoms with Gasteiger partial charge in [-0.1, -0.05) is 263 Å². The highest BCUT2D eigenvalue weighted by Crippen LogP contribution is 2.73. The molecule has 2 aliphatic heterocycles. The van der Waals surface area contributed by atoms with Gasteiger partial charge in [0.1, 0.15) is 48.8 Å². The van der Waals surface area contributed by atoms with Gasteiger partial charge in [-0.2, -0.15) is 0 Å². The summed E-state index contributed by atoms with van der Waals surface area (Å²) in [6, 6.07) is 82.1. The van der Waals surface area contributed by atoms with Gasteiger partial charge in [-0.3, -0.25) is 15.0 Å². The lowest BCUT2D eigenvalue weighted by Gasteiger charge is -2.68. The molecule has 8 aromatic carbocycles. The second-order valence-electron chi connectivity index (χ2n) is 32.8. The van der Waals surface area contributed by atoms with Gasteiger partial charge < -0.3 is 57.2 Å². The fourth-order valence-corrected chi connectivity index (χ4v) is 20.6. The van der Waals surface area contributed by atoms with Crippen LogP contribution in [0, 0.1) is 58.2 Å². The maximum absolute atomic E-state index is 13.5. The Balaban J connectivity index is 0.939. The maximum atomic E-state index is 13.5. The van der Waals surface area contributed by atoms with Crippen LogP contribution in [0.25, 0.3) is 0 Å². The minimum absolute atomic E-state index is 0.00117. The molecule has 6 aliphatic rings. The quantitative estimate of drug-likeness (QED) is 0.0192. The van der Waals surface area contributed by atoms with E-state index in [1.807, 2.05) is 133 Å². The monoisotopic (exact) mass is 1530 g/mol. The van der Waals surface area contributed by atoms with Crippen LogP contribution in [0.5, 0.6) is 0 Å². The molecule has 113 heavy (non-hydrogen) atoms. The van der Waals surface area contributed by atoms with Crippen LogP contribution in [0.15, 0.2) is 243 Å². The summed E-state index contributed by atoms with van der Waals surface area (Å²) in [4.78, 5) is 39.5. The number of fused-ring (bicyclic) bond motifs is 5. The van der Waals surface area contributed by atoms with E-state index < -0.39 is 84.3 Å². The maximum Gasteiger partial charge on any atom is 0.398 e. The van der Waals surface area contributed by atoms with Crippen LogP contribution >= 0.6 is 0 Å². The minimum Gasteiger partial charge on any atom is -0.481 e. The van der Waals surface area contributed by atoms with Crippen LogP contribution in [0.4, 0.5) is 0 Å². The minimum atomic E-state index is -0.944. The zero-order valence-electron chi connectivity index (χ0n) is 65.9. The molecule has 1 amide bonds. The lowest BCUT2D eigenvalue weighted by atomic mass is 9.39. The zero-order valence-corrected chi connectivity index (χ0v) is 65.9. The van der Waals surface area contributed by atoms with Gasteiger partial charge in [0.15, 0.2) is 0 Å². The number of benzene rings is 8. The summed E-state index contributed by atoms with van der Waals surface area (Å²) >= 11 is 0. The number of hydrazine groups is 1. The van der Waals surface area contributed by atoms with E-state index in [1.165, 1.54) is 0 Å². The average Bonchev–Trinajstić information content (AvgIpc) is 1.63. The van der Waals surface area contributed by atoms with Gasteiger partial charge in [-0.15, -0.1) is 0 Å². The number of carbonyl (C=O) groups is 3. The number of carboxylic acids is 1. The molecule has 2 saturated heterocycles. The molecule has 6 fully saturated rings. The molecule has 0 aromatic heterocycles. The Morgan fingerprint density at radius 1 is 0.451 bits per heavy atom. The smallest absolute Gasteiger partial charge is 0.398 e. The van der Waals surface area contributed by atoms with E-state index in [-0.39, 0.29) is 125 Å². The van der Waals surface area contributed by atoms with Crippen LogP contribution in [-0.2, 0) is 119 Å². The Morgan fingerprint density at radius 2 is 0.832 bits per heavy atom. The van der Waals surface area contributed by atoms with E-state index in [0.717, 1.165) is 70.2 Å². The van der Waals surface area contributed by atoms with Crippen molar-refractivity contribution in [2.45, 2.75) is 205 Å². The number of esters is 1. The summed E-state index contributed by atoms with van der Waals surface area (Å²) in [7, 11) is 0. The molecule has 8 aromatic rings. The first kappa shape index (κ1) is 81.3. The van der Waals surface area contributed by atoms with E-state index >= 15 is 0 Å². The third kappa shape index (κ3) is 20.0. The van der Waals surface area contributed by atoms with Crippen molar-refractivity contribution in [3.05, 3.63) is 287 Å². The molecule has 598 valence electrons. The van der Waals surface area contributed by atoms with Gasteiger partial charge in [0.2, 0.25) is 0 Å². The van der Waals surface area contributed by atoms with Gasteiger partial charge >= 0.3 is 17.8 Å². The third-order valence-corrected chi connectivity index (χ3v) is 26.1. The molecule has 0 bridgehead atoms. The van der Waals surface area contributed by atoms with Crippen molar-refractivity contribution in [2.75, 3.05) is 19.8 Å². The molecule has 2 heterocycles. The van der Waals surface area contributed by atoms with E-state index in [1.54, 1.807) is 6.92 Å². The molecule has 21 atom stereocenters. The highest BCUT2D eigenvalue weighted by atomic mass is 16.6. The second-order valence-corrected chi connectivity index (χ2v) is 32.8. The van der Waals surface area contributed by atoms with E-state index in [2.05, 4.69) is 141 Å². The van der Waals surface area contributed by atoms with Crippen molar-refractivity contribution in [1.82, 2.24) is 10.9 Å².